The second-order valence-electron chi connectivity index (χ2n) is 7.45. The molecule has 0 spiro atoms. The predicted molar refractivity (Wildman–Crippen MR) is 131 cm³/mol. The molecule has 6 heteroatoms. The third-order valence-corrected chi connectivity index (χ3v) is 6.07. The minimum absolute atomic E-state index is 0.138. The van der Waals surface area contributed by atoms with Gasteiger partial charge in [0, 0.05) is 27.3 Å². The molecule has 5 nitrogen and oxygen atoms in total. The van der Waals surface area contributed by atoms with Gasteiger partial charge in [-0.1, -0.05) is 42.5 Å². The van der Waals surface area contributed by atoms with Gasteiger partial charge >= 0.3 is 0 Å². The van der Waals surface area contributed by atoms with Crippen LogP contribution in [0, 0.1) is 13.8 Å². The number of pyridine rings is 1. The van der Waals surface area contributed by atoms with Gasteiger partial charge in [-0.25, -0.2) is 4.98 Å². The average Bonchev–Trinajstić information content (AvgIpc) is 3.17. The Labute approximate surface area is 192 Å². The van der Waals surface area contributed by atoms with Crippen molar-refractivity contribution in [3.8, 4) is 5.75 Å². The summed E-state index contributed by atoms with van der Waals surface area (Å²) in [5.74, 6) is 1.38. The average molecular weight is 444 g/mol. The van der Waals surface area contributed by atoms with E-state index in [1.54, 1.807) is 18.4 Å². The molecular formula is C26H25N3O2S. The van der Waals surface area contributed by atoms with E-state index in [0.717, 1.165) is 38.3 Å². The highest BCUT2D eigenvalue weighted by Gasteiger charge is 2.24. The lowest BCUT2D eigenvalue weighted by atomic mass is 9.98. The van der Waals surface area contributed by atoms with Crippen molar-refractivity contribution < 1.29 is 9.53 Å². The highest BCUT2D eigenvalue weighted by atomic mass is 32.1. The molecule has 1 amide bonds. The number of amides is 1. The van der Waals surface area contributed by atoms with Crippen molar-refractivity contribution in [2.24, 2.45) is 0 Å². The van der Waals surface area contributed by atoms with Crippen LogP contribution in [0.25, 0.3) is 0 Å². The number of aromatic nitrogens is 1. The Balaban J connectivity index is 1.77. The highest BCUT2D eigenvalue weighted by molar-refractivity contribution is 7.16. The fraction of sp³-hybridized carbons (Fsp3) is 0.154. The Morgan fingerprint density at radius 2 is 1.69 bits per heavy atom. The Hall–Kier alpha value is -3.64. The molecule has 0 radical (unpaired) electrons. The molecular weight excluding hydrogens is 418 g/mol. The minimum Gasteiger partial charge on any atom is -0.496 e. The lowest BCUT2D eigenvalue weighted by molar-refractivity contribution is 0.102. The Kier molecular flexibility index (Phi) is 6.52. The van der Waals surface area contributed by atoms with Gasteiger partial charge in [0.2, 0.25) is 0 Å². The molecule has 32 heavy (non-hydrogen) atoms. The van der Waals surface area contributed by atoms with Crippen molar-refractivity contribution >= 4 is 28.1 Å². The van der Waals surface area contributed by atoms with Crippen LogP contribution in [0.1, 0.15) is 38.1 Å². The number of ether oxygens (including phenoxy) is 1. The molecule has 2 N–H and O–H groups in total. The van der Waals surface area contributed by atoms with Gasteiger partial charge in [0.1, 0.15) is 16.6 Å². The molecule has 162 valence electrons. The number of anilines is 2. The van der Waals surface area contributed by atoms with Gasteiger partial charge in [-0.3, -0.25) is 4.79 Å². The SMILES string of the molecule is COc1ccccc1C(Nc1cccc(C)n1)c1cc(C)sc1NC(=O)c1ccccc1. The number of thiophene rings is 1. The van der Waals surface area contributed by atoms with Crippen molar-refractivity contribution in [3.05, 3.63) is 106 Å². The van der Waals surface area contributed by atoms with E-state index < -0.39 is 0 Å². The van der Waals surface area contributed by atoms with Crippen LogP contribution in [0.3, 0.4) is 0 Å². The Morgan fingerprint density at radius 3 is 2.44 bits per heavy atom. The summed E-state index contributed by atoms with van der Waals surface area (Å²) in [4.78, 5) is 18.6. The fourth-order valence-corrected chi connectivity index (χ4v) is 4.56. The first-order valence-electron chi connectivity index (χ1n) is 10.3. The monoisotopic (exact) mass is 443 g/mol. The van der Waals surface area contributed by atoms with Crippen LogP contribution in [-0.2, 0) is 0 Å². The maximum atomic E-state index is 12.9. The van der Waals surface area contributed by atoms with Crippen molar-refractivity contribution in [1.82, 2.24) is 4.98 Å². The molecule has 2 heterocycles. The first-order valence-corrected chi connectivity index (χ1v) is 11.2. The molecule has 2 aromatic heterocycles. The highest BCUT2D eigenvalue weighted by Crippen LogP contribution is 2.40. The van der Waals surface area contributed by atoms with Crippen LogP contribution in [0.4, 0.5) is 10.8 Å². The summed E-state index contributed by atoms with van der Waals surface area (Å²) in [5.41, 5.74) is 3.47. The van der Waals surface area contributed by atoms with E-state index in [0.29, 0.717) is 5.56 Å². The molecule has 2 aromatic carbocycles. The number of hydrogen-bond acceptors (Lipinski definition) is 5. The van der Waals surface area contributed by atoms with Gasteiger partial charge in [-0.2, -0.15) is 0 Å². The van der Waals surface area contributed by atoms with Crippen molar-refractivity contribution in [2.75, 3.05) is 17.7 Å². The third-order valence-electron chi connectivity index (χ3n) is 5.09. The fourth-order valence-electron chi connectivity index (χ4n) is 3.61. The van der Waals surface area contributed by atoms with E-state index in [1.807, 2.05) is 86.6 Å². The van der Waals surface area contributed by atoms with Crippen LogP contribution in [0.5, 0.6) is 5.75 Å². The first-order chi connectivity index (χ1) is 15.5. The summed E-state index contributed by atoms with van der Waals surface area (Å²) >= 11 is 1.55. The Bertz CT molecular complexity index is 1220. The first kappa shape index (κ1) is 21.6. The molecule has 0 aliphatic carbocycles. The molecule has 0 saturated carbocycles. The molecule has 4 rings (SSSR count). The summed E-state index contributed by atoms with van der Waals surface area (Å²) in [5, 5.41) is 7.47. The normalized spacial score (nSPS) is 11.6. The number of methoxy groups -OCH3 is 1. The zero-order chi connectivity index (χ0) is 22.5. The lowest BCUT2D eigenvalue weighted by Crippen LogP contribution is -2.17. The van der Waals surface area contributed by atoms with Gasteiger partial charge < -0.3 is 15.4 Å². The number of para-hydroxylation sites is 1. The van der Waals surface area contributed by atoms with Crippen LogP contribution < -0.4 is 15.4 Å². The number of carbonyl (C=O) groups excluding carboxylic acids is 1. The van der Waals surface area contributed by atoms with Crippen LogP contribution in [-0.4, -0.2) is 18.0 Å². The molecule has 0 fully saturated rings. The zero-order valence-corrected chi connectivity index (χ0v) is 19.1. The standard InChI is InChI=1S/C26H25N3O2S/c1-17-10-9-15-23(27-17)28-24(20-13-7-8-14-22(20)31-3)21-16-18(2)32-26(21)29-25(30)19-11-5-4-6-12-19/h4-16,24H,1-3H3,(H,27,28)(H,29,30). The number of aryl methyl sites for hydroxylation is 2. The molecule has 0 bridgehead atoms. The lowest BCUT2D eigenvalue weighted by Gasteiger charge is -2.23. The van der Waals surface area contributed by atoms with Crippen LogP contribution >= 0.6 is 11.3 Å². The van der Waals surface area contributed by atoms with E-state index in [9.17, 15) is 4.79 Å². The molecule has 4 aromatic rings. The third kappa shape index (κ3) is 4.81. The molecule has 1 unspecified atom stereocenters. The number of benzene rings is 2. The Morgan fingerprint density at radius 1 is 0.938 bits per heavy atom. The summed E-state index contributed by atoms with van der Waals surface area (Å²) in [6.45, 7) is 4.00. The molecule has 0 saturated heterocycles. The number of nitrogens with zero attached hydrogens (tertiary/aromatic N) is 1. The maximum Gasteiger partial charge on any atom is 0.256 e. The summed E-state index contributed by atoms with van der Waals surface area (Å²) in [7, 11) is 1.66. The van der Waals surface area contributed by atoms with E-state index in [2.05, 4.69) is 21.7 Å². The minimum atomic E-state index is -0.267. The molecule has 0 aliphatic rings. The van der Waals surface area contributed by atoms with Gasteiger partial charge in [-0.05, 0) is 50.2 Å². The maximum absolute atomic E-state index is 12.9. The van der Waals surface area contributed by atoms with E-state index in [-0.39, 0.29) is 11.9 Å². The number of nitrogens with one attached hydrogen (secondary N) is 2. The second-order valence-corrected chi connectivity index (χ2v) is 8.70. The second kappa shape index (κ2) is 9.66. The number of rotatable bonds is 7. The van der Waals surface area contributed by atoms with Gasteiger partial charge in [-0.15, -0.1) is 11.3 Å². The predicted octanol–water partition coefficient (Wildman–Crippen LogP) is 6.22. The number of hydrogen-bond donors (Lipinski definition) is 2. The number of carbonyl (C=O) groups is 1. The zero-order valence-electron chi connectivity index (χ0n) is 18.3. The summed E-state index contributed by atoms with van der Waals surface area (Å²) in [6.07, 6.45) is 0. The molecule has 1 atom stereocenters. The van der Waals surface area contributed by atoms with E-state index >= 15 is 0 Å². The van der Waals surface area contributed by atoms with Crippen molar-refractivity contribution in [3.63, 3.8) is 0 Å². The summed E-state index contributed by atoms with van der Waals surface area (Å²) < 4.78 is 5.66. The van der Waals surface area contributed by atoms with Crippen molar-refractivity contribution in [2.45, 2.75) is 19.9 Å². The van der Waals surface area contributed by atoms with Crippen molar-refractivity contribution in [1.29, 1.82) is 0 Å². The smallest absolute Gasteiger partial charge is 0.256 e. The van der Waals surface area contributed by atoms with Crippen LogP contribution in [0.2, 0.25) is 0 Å². The van der Waals surface area contributed by atoms with Gasteiger partial charge in [0.25, 0.3) is 5.91 Å². The topological polar surface area (TPSA) is 63.2 Å². The van der Waals surface area contributed by atoms with Gasteiger partial charge in [0.15, 0.2) is 0 Å². The van der Waals surface area contributed by atoms with Gasteiger partial charge in [0.05, 0.1) is 13.2 Å². The molecule has 0 aliphatic heterocycles. The van der Waals surface area contributed by atoms with E-state index in [4.69, 9.17) is 4.74 Å². The quantitative estimate of drug-likeness (QED) is 0.356. The van der Waals surface area contributed by atoms with Crippen LogP contribution in [0.15, 0.2) is 78.9 Å². The summed E-state index contributed by atoms with van der Waals surface area (Å²) in [6, 6.07) is 24.8. The van der Waals surface area contributed by atoms with E-state index in [1.165, 1.54) is 0 Å². The largest absolute Gasteiger partial charge is 0.496 e.